The second kappa shape index (κ2) is 9.40. The molecule has 2 unspecified atom stereocenters. The highest BCUT2D eigenvalue weighted by Gasteiger charge is 2.31. The Kier molecular flexibility index (Phi) is 6.41. The van der Waals surface area contributed by atoms with Crippen LogP contribution in [0, 0.1) is 5.82 Å². The lowest BCUT2D eigenvalue weighted by Crippen LogP contribution is -2.46. The Morgan fingerprint density at radius 2 is 2.00 bits per heavy atom. The fourth-order valence-electron chi connectivity index (χ4n) is 3.91. The molecule has 1 amide bonds. The van der Waals surface area contributed by atoms with Crippen molar-refractivity contribution >= 4 is 17.4 Å². The first-order valence-corrected chi connectivity index (χ1v) is 10.7. The van der Waals surface area contributed by atoms with Gasteiger partial charge in [-0.25, -0.2) is 4.39 Å². The van der Waals surface area contributed by atoms with Crippen molar-refractivity contribution in [2.75, 3.05) is 18.4 Å². The number of nitrogens with zero attached hydrogens (tertiary/aromatic N) is 3. The average molecular weight is 436 g/mol. The van der Waals surface area contributed by atoms with Crippen molar-refractivity contribution in [3.63, 3.8) is 0 Å². The molecule has 2 aromatic carbocycles. The van der Waals surface area contributed by atoms with E-state index in [0.29, 0.717) is 35.1 Å². The fourth-order valence-corrected chi connectivity index (χ4v) is 3.91. The third kappa shape index (κ3) is 4.91. The number of likely N-dealkylation sites (tertiary alicyclic amines) is 1. The van der Waals surface area contributed by atoms with E-state index in [1.54, 1.807) is 36.4 Å². The van der Waals surface area contributed by atoms with Gasteiger partial charge in [0.2, 0.25) is 17.6 Å². The molecular weight excluding hydrogens is 411 g/mol. The Balaban J connectivity index is 1.40. The minimum absolute atomic E-state index is 0.00339. The summed E-state index contributed by atoms with van der Waals surface area (Å²) in [7, 11) is 0. The summed E-state index contributed by atoms with van der Waals surface area (Å²) in [6.45, 7) is 4.78. The van der Waals surface area contributed by atoms with E-state index in [9.17, 15) is 14.0 Å². The number of aromatic nitrogens is 2. The number of benzene rings is 2. The summed E-state index contributed by atoms with van der Waals surface area (Å²) in [5.74, 6) is 0.374. The lowest BCUT2D eigenvalue weighted by atomic mass is 9.96. The van der Waals surface area contributed by atoms with Crippen molar-refractivity contribution in [1.29, 1.82) is 0 Å². The number of anilines is 1. The zero-order valence-electron chi connectivity index (χ0n) is 18.0. The third-order valence-electron chi connectivity index (χ3n) is 5.81. The van der Waals surface area contributed by atoms with Crippen LogP contribution in [0.25, 0.3) is 11.4 Å². The number of carbonyl (C=O) groups excluding carboxylic acids is 2. The Morgan fingerprint density at radius 3 is 2.72 bits per heavy atom. The first-order valence-electron chi connectivity index (χ1n) is 10.7. The van der Waals surface area contributed by atoms with Gasteiger partial charge < -0.3 is 9.84 Å². The van der Waals surface area contributed by atoms with Crippen molar-refractivity contribution in [1.82, 2.24) is 15.0 Å². The van der Waals surface area contributed by atoms with Crippen LogP contribution >= 0.6 is 0 Å². The van der Waals surface area contributed by atoms with Crippen molar-refractivity contribution in [2.24, 2.45) is 0 Å². The molecule has 1 saturated heterocycles. The Bertz CT molecular complexity index is 1110. The Labute approximate surface area is 185 Å². The molecule has 4 rings (SSSR count). The number of Topliss-reactive ketones (excluding diaryl/α,β-unsaturated/α-hetero) is 1. The molecule has 32 heavy (non-hydrogen) atoms. The quantitative estimate of drug-likeness (QED) is 0.580. The number of ketones is 1. The van der Waals surface area contributed by atoms with Crippen molar-refractivity contribution < 1.29 is 18.5 Å². The second-order valence-electron chi connectivity index (χ2n) is 8.10. The van der Waals surface area contributed by atoms with Gasteiger partial charge in [0.25, 0.3) is 0 Å². The lowest BCUT2D eigenvalue weighted by Gasteiger charge is -2.34. The molecule has 8 heteroatoms. The number of hydrogen-bond acceptors (Lipinski definition) is 6. The number of amides is 1. The Hall–Kier alpha value is -3.39. The average Bonchev–Trinajstić information content (AvgIpc) is 3.29. The van der Waals surface area contributed by atoms with E-state index in [1.165, 1.54) is 19.1 Å². The summed E-state index contributed by atoms with van der Waals surface area (Å²) in [6, 6.07) is 12.6. The molecular formula is C24H25FN4O3. The van der Waals surface area contributed by atoms with Crippen molar-refractivity contribution in [2.45, 2.75) is 38.6 Å². The van der Waals surface area contributed by atoms with Gasteiger partial charge >= 0.3 is 0 Å². The minimum Gasteiger partial charge on any atom is -0.339 e. The van der Waals surface area contributed by atoms with Crippen LogP contribution < -0.4 is 5.32 Å². The molecule has 0 spiro atoms. The minimum atomic E-state index is -0.353. The van der Waals surface area contributed by atoms with Crippen LogP contribution in [0.4, 0.5) is 10.1 Å². The van der Waals surface area contributed by atoms with Crippen LogP contribution in [0.15, 0.2) is 53.1 Å². The first kappa shape index (κ1) is 21.8. The molecule has 0 saturated carbocycles. The highest BCUT2D eigenvalue weighted by Crippen LogP contribution is 2.29. The molecule has 1 aromatic heterocycles. The largest absolute Gasteiger partial charge is 0.339 e. The van der Waals surface area contributed by atoms with E-state index in [-0.39, 0.29) is 29.5 Å². The van der Waals surface area contributed by atoms with Gasteiger partial charge in [0.1, 0.15) is 5.82 Å². The number of hydrogen-bond donors (Lipinski definition) is 1. The van der Waals surface area contributed by atoms with Gasteiger partial charge in [0, 0.05) is 23.4 Å². The first-order chi connectivity index (χ1) is 15.4. The zero-order valence-corrected chi connectivity index (χ0v) is 18.0. The van der Waals surface area contributed by atoms with Crippen molar-refractivity contribution in [3.05, 3.63) is 65.8 Å². The van der Waals surface area contributed by atoms with Crippen LogP contribution in [0.3, 0.4) is 0 Å². The van der Waals surface area contributed by atoms with E-state index in [0.717, 1.165) is 19.4 Å². The maximum atomic E-state index is 13.5. The zero-order chi connectivity index (χ0) is 22.7. The van der Waals surface area contributed by atoms with Crippen LogP contribution in [0.1, 0.15) is 48.9 Å². The molecule has 0 aliphatic carbocycles. The molecule has 166 valence electrons. The summed E-state index contributed by atoms with van der Waals surface area (Å²) in [4.78, 5) is 30.8. The van der Waals surface area contributed by atoms with Crippen LogP contribution in [-0.2, 0) is 4.79 Å². The van der Waals surface area contributed by atoms with Gasteiger partial charge in [-0.3, -0.25) is 14.5 Å². The van der Waals surface area contributed by atoms with Gasteiger partial charge in [-0.2, -0.15) is 4.98 Å². The number of rotatable bonds is 6. The van der Waals surface area contributed by atoms with E-state index in [1.807, 2.05) is 6.92 Å². The number of nitrogens with one attached hydrogen (secondary N) is 1. The van der Waals surface area contributed by atoms with Gasteiger partial charge in [-0.15, -0.1) is 0 Å². The monoisotopic (exact) mass is 436 g/mol. The molecule has 3 aromatic rings. The maximum absolute atomic E-state index is 13.5. The van der Waals surface area contributed by atoms with Crippen LogP contribution in [0.2, 0.25) is 0 Å². The summed E-state index contributed by atoms with van der Waals surface area (Å²) in [6.07, 6.45) is 1.77. The molecule has 1 fully saturated rings. The van der Waals surface area contributed by atoms with E-state index >= 15 is 0 Å². The number of piperidine rings is 1. The summed E-state index contributed by atoms with van der Waals surface area (Å²) < 4.78 is 19.0. The highest BCUT2D eigenvalue weighted by atomic mass is 19.1. The van der Waals surface area contributed by atoms with Crippen LogP contribution in [-0.4, -0.2) is 45.9 Å². The normalized spacial score (nSPS) is 17.7. The summed E-state index contributed by atoms with van der Waals surface area (Å²) in [5, 5.41) is 6.92. The Morgan fingerprint density at radius 1 is 1.22 bits per heavy atom. The van der Waals surface area contributed by atoms with E-state index < -0.39 is 0 Å². The van der Waals surface area contributed by atoms with Gasteiger partial charge in [-0.05, 0) is 69.6 Å². The summed E-state index contributed by atoms with van der Waals surface area (Å²) in [5.41, 5.74) is 1.82. The van der Waals surface area contributed by atoms with Crippen molar-refractivity contribution in [3.8, 4) is 11.4 Å². The van der Waals surface area contributed by atoms with E-state index in [4.69, 9.17) is 4.52 Å². The van der Waals surface area contributed by atoms with Gasteiger partial charge in [-0.1, -0.05) is 17.3 Å². The van der Waals surface area contributed by atoms with E-state index in [2.05, 4.69) is 20.4 Å². The standard InChI is InChI=1S/C24H25FN4O3/c1-15(23(31)26-21-10-8-17(9-11-21)16(2)30)29-12-4-6-19(14-29)24-27-22(28-32-24)18-5-3-7-20(25)13-18/h3,5,7-11,13,15,19H,4,6,12,14H2,1-2H3,(H,26,31). The molecule has 0 radical (unpaired) electrons. The molecule has 1 aliphatic rings. The van der Waals surface area contributed by atoms with Gasteiger partial charge in [0.05, 0.1) is 12.0 Å². The number of halogens is 1. The lowest BCUT2D eigenvalue weighted by molar-refractivity contribution is -0.121. The predicted octanol–water partition coefficient (Wildman–Crippen LogP) is 4.28. The second-order valence-corrected chi connectivity index (χ2v) is 8.10. The molecule has 7 nitrogen and oxygen atoms in total. The SMILES string of the molecule is CC(=O)c1ccc(NC(=O)C(C)N2CCCC(c3nc(-c4cccc(F)c4)no3)C2)cc1. The maximum Gasteiger partial charge on any atom is 0.241 e. The van der Waals surface area contributed by atoms with Gasteiger partial charge in [0.15, 0.2) is 5.78 Å². The predicted molar refractivity (Wildman–Crippen MR) is 118 cm³/mol. The highest BCUT2D eigenvalue weighted by molar-refractivity contribution is 5.97. The molecule has 1 N–H and O–H groups in total. The molecule has 2 atom stereocenters. The van der Waals surface area contributed by atoms with Crippen LogP contribution in [0.5, 0.6) is 0 Å². The topological polar surface area (TPSA) is 88.3 Å². The smallest absolute Gasteiger partial charge is 0.241 e. The molecule has 2 heterocycles. The third-order valence-corrected chi connectivity index (χ3v) is 5.81. The fraction of sp³-hybridized carbons (Fsp3) is 0.333. The summed E-state index contributed by atoms with van der Waals surface area (Å²) >= 11 is 0. The number of carbonyl (C=O) groups is 2. The molecule has 0 bridgehead atoms. The molecule has 1 aliphatic heterocycles.